The molecule has 1 aliphatic rings. The average molecular weight is 336 g/mol. The van der Waals surface area contributed by atoms with Gasteiger partial charge in [-0.3, -0.25) is 9.69 Å². The van der Waals surface area contributed by atoms with Crippen molar-refractivity contribution in [3.63, 3.8) is 0 Å². The van der Waals surface area contributed by atoms with Crippen molar-refractivity contribution in [2.75, 3.05) is 18.4 Å². The smallest absolute Gasteiger partial charge is 0.224 e. The molecule has 2 aromatic rings. The number of aryl methyl sites for hydroxylation is 1. The predicted octanol–water partition coefficient (Wildman–Crippen LogP) is 4.49. The second-order valence-electron chi connectivity index (χ2n) is 7.19. The molecule has 0 aromatic heterocycles. The van der Waals surface area contributed by atoms with Crippen LogP contribution in [0.1, 0.15) is 37.3 Å². The van der Waals surface area contributed by atoms with Gasteiger partial charge in [-0.25, -0.2) is 0 Å². The number of hydrogen-bond donors (Lipinski definition) is 1. The third kappa shape index (κ3) is 5.71. The zero-order valence-corrected chi connectivity index (χ0v) is 15.1. The number of piperidine rings is 1. The van der Waals surface area contributed by atoms with Crippen LogP contribution in [0.3, 0.4) is 0 Å². The van der Waals surface area contributed by atoms with Crippen molar-refractivity contribution in [3.05, 3.63) is 65.7 Å². The fourth-order valence-corrected chi connectivity index (χ4v) is 3.30. The van der Waals surface area contributed by atoms with Crippen molar-refractivity contribution in [3.8, 4) is 0 Å². The molecular formula is C22H28N2O. The molecule has 3 nitrogen and oxygen atoms in total. The molecule has 3 rings (SSSR count). The van der Waals surface area contributed by atoms with E-state index in [1.807, 2.05) is 30.3 Å². The van der Waals surface area contributed by atoms with E-state index < -0.39 is 0 Å². The minimum Gasteiger partial charge on any atom is -0.326 e. The summed E-state index contributed by atoms with van der Waals surface area (Å²) < 4.78 is 0. The fourth-order valence-electron chi connectivity index (χ4n) is 3.30. The van der Waals surface area contributed by atoms with Gasteiger partial charge in [-0.2, -0.15) is 0 Å². The average Bonchev–Trinajstić information content (AvgIpc) is 2.64. The number of benzene rings is 2. The lowest BCUT2D eigenvalue weighted by Gasteiger charge is -2.30. The normalized spacial score (nSPS) is 15.9. The van der Waals surface area contributed by atoms with Crippen LogP contribution < -0.4 is 5.32 Å². The molecule has 132 valence electrons. The van der Waals surface area contributed by atoms with Gasteiger partial charge in [0.25, 0.3) is 0 Å². The Bertz CT molecular complexity index is 658. The molecular weight excluding hydrogens is 308 g/mol. The molecule has 3 heteroatoms. The van der Waals surface area contributed by atoms with E-state index in [1.54, 1.807) is 0 Å². The second-order valence-corrected chi connectivity index (χ2v) is 7.19. The summed E-state index contributed by atoms with van der Waals surface area (Å²) in [7, 11) is 0. The summed E-state index contributed by atoms with van der Waals surface area (Å²) in [5.74, 6) is 0.936. The molecule has 1 aliphatic heterocycles. The number of nitrogens with zero attached hydrogens (tertiary/aromatic N) is 1. The van der Waals surface area contributed by atoms with E-state index in [1.165, 1.54) is 37.1 Å². The van der Waals surface area contributed by atoms with Crippen molar-refractivity contribution in [2.24, 2.45) is 5.92 Å². The van der Waals surface area contributed by atoms with Crippen LogP contribution in [-0.2, 0) is 17.8 Å². The number of carbonyl (C=O) groups excluding carboxylic acids is 1. The van der Waals surface area contributed by atoms with Crippen molar-refractivity contribution in [1.82, 2.24) is 4.90 Å². The van der Waals surface area contributed by atoms with Crippen molar-refractivity contribution < 1.29 is 4.79 Å². The molecule has 0 aliphatic carbocycles. The van der Waals surface area contributed by atoms with Crippen LogP contribution in [0, 0.1) is 5.92 Å². The Morgan fingerprint density at radius 2 is 1.68 bits per heavy atom. The molecule has 1 N–H and O–H groups in total. The highest BCUT2D eigenvalue weighted by Gasteiger charge is 2.15. The highest BCUT2D eigenvalue weighted by Crippen LogP contribution is 2.19. The molecule has 2 aromatic carbocycles. The first-order valence-electron chi connectivity index (χ1n) is 9.34. The molecule has 0 saturated carbocycles. The first kappa shape index (κ1) is 17.7. The van der Waals surface area contributed by atoms with Crippen LogP contribution in [-0.4, -0.2) is 23.9 Å². The van der Waals surface area contributed by atoms with Gasteiger partial charge in [0, 0.05) is 18.7 Å². The lowest BCUT2D eigenvalue weighted by molar-refractivity contribution is -0.116. The van der Waals surface area contributed by atoms with Crippen LogP contribution >= 0.6 is 0 Å². The summed E-state index contributed by atoms with van der Waals surface area (Å²) >= 11 is 0. The molecule has 1 fully saturated rings. The van der Waals surface area contributed by atoms with E-state index in [0.717, 1.165) is 24.6 Å². The van der Waals surface area contributed by atoms with Gasteiger partial charge in [-0.1, -0.05) is 49.4 Å². The first-order valence-corrected chi connectivity index (χ1v) is 9.34. The number of rotatable bonds is 6. The summed E-state index contributed by atoms with van der Waals surface area (Å²) in [5, 5.41) is 3.00. The molecule has 0 radical (unpaired) electrons. The van der Waals surface area contributed by atoms with Gasteiger partial charge >= 0.3 is 0 Å². The monoisotopic (exact) mass is 336 g/mol. The number of likely N-dealkylation sites (tertiary alicyclic amines) is 1. The Hall–Kier alpha value is -2.13. The van der Waals surface area contributed by atoms with Gasteiger partial charge in [-0.15, -0.1) is 0 Å². The number of carbonyl (C=O) groups is 1. The molecule has 0 bridgehead atoms. The zero-order chi connectivity index (χ0) is 17.5. The molecule has 25 heavy (non-hydrogen) atoms. The highest BCUT2D eigenvalue weighted by atomic mass is 16.1. The van der Waals surface area contributed by atoms with E-state index in [9.17, 15) is 4.79 Å². The minimum atomic E-state index is 0.0709. The maximum absolute atomic E-state index is 12.1. The molecule has 1 amide bonds. The van der Waals surface area contributed by atoms with Gasteiger partial charge in [-0.05, 0) is 61.5 Å². The van der Waals surface area contributed by atoms with Crippen LogP contribution in [0.2, 0.25) is 0 Å². The number of nitrogens with one attached hydrogen (secondary N) is 1. The molecule has 0 spiro atoms. The zero-order valence-electron chi connectivity index (χ0n) is 15.1. The fraction of sp³-hybridized carbons (Fsp3) is 0.409. The Morgan fingerprint density at radius 1 is 1.00 bits per heavy atom. The highest BCUT2D eigenvalue weighted by molar-refractivity contribution is 5.90. The third-order valence-corrected chi connectivity index (χ3v) is 5.00. The van der Waals surface area contributed by atoms with Crippen LogP contribution in [0.25, 0.3) is 0 Å². The Labute approximate surface area is 151 Å². The van der Waals surface area contributed by atoms with Crippen LogP contribution in [0.4, 0.5) is 5.69 Å². The Balaban J connectivity index is 1.44. The lowest BCUT2D eigenvalue weighted by atomic mass is 9.99. The summed E-state index contributed by atoms with van der Waals surface area (Å²) in [6.07, 6.45) is 3.89. The second kappa shape index (κ2) is 8.82. The van der Waals surface area contributed by atoms with Crippen molar-refractivity contribution in [2.45, 2.75) is 39.2 Å². The molecule has 0 unspecified atom stereocenters. The number of hydrogen-bond acceptors (Lipinski definition) is 2. The largest absolute Gasteiger partial charge is 0.326 e. The first-order chi connectivity index (χ1) is 12.2. The molecule has 1 heterocycles. The Kier molecular flexibility index (Phi) is 6.24. The maximum atomic E-state index is 12.1. The summed E-state index contributed by atoms with van der Waals surface area (Å²) in [5.41, 5.74) is 3.40. The van der Waals surface area contributed by atoms with Gasteiger partial charge < -0.3 is 5.32 Å². The topological polar surface area (TPSA) is 32.3 Å². The van der Waals surface area contributed by atoms with Crippen LogP contribution in [0.5, 0.6) is 0 Å². The van der Waals surface area contributed by atoms with E-state index in [-0.39, 0.29) is 5.91 Å². The lowest BCUT2D eigenvalue weighted by Crippen LogP contribution is -2.32. The Morgan fingerprint density at radius 3 is 2.36 bits per heavy atom. The van der Waals surface area contributed by atoms with E-state index >= 15 is 0 Å². The van der Waals surface area contributed by atoms with E-state index in [2.05, 4.69) is 41.4 Å². The van der Waals surface area contributed by atoms with Crippen molar-refractivity contribution in [1.29, 1.82) is 0 Å². The molecule has 0 atom stereocenters. The van der Waals surface area contributed by atoms with E-state index in [4.69, 9.17) is 0 Å². The van der Waals surface area contributed by atoms with Gasteiger partial charge in [0.1, 0.15) is 0 Å². The summed E-state index contributed by atoms with van der Waals surface area (Å²) in [6, 6.07) is 18.4. The predicted molar refractivity (Wildman–Crippen MR) is 104 cm³/mol. The SMILES string of the molecule is CC1CCN(Cc2ccc(NC(=O)CCc3ccccc3)cc2)CC1. The standard InChI is InChI=1S/C22H28N2O/c1-18-13-15-24(16-14-18)17-20-7-10-21(11-8-20)23-22(25)12-9-19-5-3-2-4-6-19/h2-8,10-11,18H,9,12-17H2,1H3,(H,23,25). The van der Waals surface area contributed by atoms with Gasteiger partial charge in [0.2, 0.25) is 5.91 Å². The molecule has 1 saturated heterocycles. The van der Waals surface area contributed by atoms with Crippen molar-refractivity contribution >= 4 is 11.6 Å². The van der Waals surface area contributed by atoms with Crippen LogP contribution in [0.15, 0.2) is 54.6 Å². The maximum Gasteiger partial charge on any atom is 0.224 e. The summed E-state index contributed by atoms with van der Waals surface area (Å²) in [4.78, 5) is 14.6. The number of anilines is 1. The summed E-state index contributed by atoms with van der Waals surface area (Å²) in [6.45, 7) is 5.74. The minimum absolute atomic E-state index is 0.0709. The third-order valence-electron chi connectivity index (χ3n) is 5.00. The quantitative estimate of drug-likeness (QED) is 0.843. The van der Waals surface area contributed by atoms with E-state index in [0.29, 0.717) is 6.42 Å². The van der Waals surface area contributed by atoms with Gasteiger partial charge in [0.15, 0.2) is 0 Å². The number of amides is 1. The van der Waals surface area contributed by atoms with Gasteiger partial charge in [0.05, 0.1) is 0 Å².